The lowest BCUT2D eigenvalue weighted by molar-refractivity contribution is -0.139. The van der Waals surface area contributed by atoms with Crippen molar-refractivity contribution in [3.05, 3.63) is 65.2 Å². The monoisotopic (exact) mass is 565 g/mol. The molecule has 2 aromatic carbocycles. The standard InChI is InChI=1S/C31H34F3N5O2/c1-21-3-11-28-22(17-21)5-12-29(36-28)38-13-15-39(16-14-38)30(40)20-41-26-9-7-24(8-10-26)37(2)25-6-4-23(19-35)27(18-25)31(32,33)34/h3-6,11-12,17-18,24,26H,7-10,13-16,20H2,1-2H3/t24-,26-. The molecule has 0 spiro atoms. The number of halogens is 3. The number of hydrogen-bond acceptors (Lipinski definition) is 6. The SMILES string of the molecule is Cc1ccc2nc(N3CCN(C(=O)CO[C@H]4CC[C@H](N(C)c5ccc(C#N)c(C(F)(F)F)c5)CC4)CC3)ccc2c1. The van der Waals surface area contributed by atoms with E-state index in [0.29, 0.717) is 31.9 Å². The Hall–Kier alpha value is -3.84. The van der Waals surface area contributed by atoms with Crippen molar-refractivity contribution in [3.8, 4) is 6.07 Å². The van der Waals surface area contributed by atoms with Gasteiger partial charge in [0.1, 0.15) is 12.4 Å². The van der Waals surface area contributed by atoms with Gasteiger partial charge in [-0.25, -0.2) is 4.98 Å². The van der Waals surface area contributed by atoms with Gasteiger partial charge in [-0.15, -0.1) is 0 Å². The summed E-state index contributed by atoms with van der Waals surface area (Å²) in [6.07, 6.45) is -1.69. The molecular weight excluding hydrogens is 531 g/mol. The van der Waals surface area contributed by atoms with Gasteiger partial charge < -0.3 is 19.4 Å². The molecule has 7 nitrogen and oxygen atoms in total. The number of ether oxygens (including phenoxy) is 1. The molecule has 0 atom stereocenters. The lowest BCUT2D eigenvalue weighted by Crippen LogP contribution is -2.50. The van der Waals surface area contributed by atoms with E-state index in [0.717, 1.165) is 48.5 Å². The molecule has 1 amide bonds. The average Bonchev–Trinajstić information content (AvgIpc) is 2.98. The van der Waals surface area contributed by atoms with Crippen LogP contribution in [-0.4, -0.2) is 67.8 Å². The van der Waals surface area contributed by atoms with E-state index < -0.39 is 11.7 Å². The molecule has 1 aromatic heterocycles. The number of fused-ring (bicyclic) bond motifs is 1. The van der Waals surface area contributed by atoms with Crippen LogP contribution in [0.4, 0.5) is 24.7 Å². The maximum atomic E-state index is 13.4. The summed E-state index contributed by atoms with van der Waals surface area (Å²) in [5.41, 5.74) is 1.31. The van der Waals surface area contributed by atoms with Crippen LogP contribution in [0.5, 0.6) is 0 Å². The number of amides is 1. The Morgan fingerprint density at radius 1 is 1.05 bits per heavy atom. The Morgan fingerprint density at radius 2 is 1.78 bits per heavy atom. The zero-order chi connectivity index (χ0) is 29.1. The average molecular weight is 566 g/mol. The Labute approximate surface area is 238 Å². The molecule has 41 heavy (non-hydrogen) atoms. The van der Waals surface area contributed by atoms with Crippen LogP contribution in [0.25, 0.3) is 10.9 Å². The van der Waals surface area contributed by atoms with E-state index in [4.69, 9.17) is 15.0 Å². The third-order valence-corrected chi connectivity index (χ3v) is 8.26. The highest BCUT2D eigenvalue weighted by molar-refractivity contribution is 5.81. The molecule has 5 rings (SSSR count). The molecule has 10 heteroatoms. The number of carbonyl (C=O) groups excluding carboxylic acids is 1. The van der Waals surface area contributed by atoms with Crippen molar-refractivity contribution in [2.24, 2.45) is 0 Å². The van der Waals surface area contributed by atoms with Crippen LogP contribution in [0.1, 0.15) is 42.4 Å². The van der Waals surface area contributed by atoms with Gasteiger partial charge in [0, 0.05) is 50.3 Å². The van der Waals surface area contributed by atoms with Crippen molar-refractivity contribution >= 4 is 28.3 Å². The van der Waals surface area contributed by atoms with E-state index in [1.807, 2.05) is 21.9 Å². The summed E-state index contributed by atoms with van der Waals surface area (Å²) >= 11 is 0. The minimum Gasteiger partial charge on any atom is -0.372 e. The number of nitriles is 1. The first kappa shape index (κ1) is 28.7. The number of alkyl halides is 3. The van der Waals surface area contributed by atoms with Gasteiger partial charge in [-0.2, -0.15) is 18.4 Å². The van der Waals surface area contributed by atoms with Crippen molar-refractivity contribution in [2.75, 3.05) is 49.6 Å². The summed E-state index contributed by atoms with van der Waals surface area (Å²) in [6.45, 7) is 4.73. The van der Waals surface area contributed by atoms with Crippen LogP contribution in [-0.2, 0) is 15.7 Å². The number of carbonyl (C=O) groups is 1. The number of rotatable bonds is 6. The summed E-state index contributed by atoms with van der Waals surface area (Å²) < 4.78 is 46.2. The highest BCUT2D eigenvalue weighted by atomic mass is 19.4. The second-order valence-electron chi connectivity index (χ2n) is 10.9. The third-order valence-electron chi connectivity index (χ3n) is 8.26. The lowest BCUT2D eigenvalue weighted by Gasteiger charge is -2.37. The van der Waals surface area contributed by atoms with Crippen LogP contribution in [0.3, 0.4) is 0 Å². The zero-order valence-electron chi connectivity index (χ0n) is 23.3. The van der Waals surface area contributed by atoms with Crippen molar-refractivity contribution in [2.45, 2.75) is 50.9 Å². The molecule has 0 bridgehead atoms. The number of nitrogens with zero attached hydrogens (tertiary/aromatic N) is 5. The van der Waals surface area contributed by atoms with E-state index in [1.165, 1.54) is 11.6 Å². The first-order chi connectivity index (χ1) is 19.6. The van der Waals surface area contributed by atoms with Crippen molar-refractivity contribution in [1.29, 1.82) is 5.26 Å². The molecular formula is C31H34F3N5O2. The Morgan fingerprint density at radius 3 is 2.46 bits per heavy atom. The predicted molar refractivity (Wildman–Crippen MR) is 152 cm³/mol. The summed E-state index contributed by atoms with van der Waals surface area (Å²) in [4.78, 5) is 23.5. The fraction of sp³-hybridized carbons (Fsp3) is 0.452. The Bertz CT molecular complexity index is 1440. The molecule has 3 aromatic rings. The van der Waals surface area contributed by atoms with Crippen LogP contribution in [0.15, 0.2) is 48.5 Å². The van der Waals surface area contributed by atoms with E-state index in [1.54, 1.807) is 19.2 Å². The number of piperazine rings is 1. The smallest absolute Gasteiger partial charge is 0.372 e. The Kier molecular flexibility index (Phi) is 8.36. The summed E-state index contributed by atoms with van der Waals surface area (Å²) in [5.74, 6) is 0.894. The van der Waals surface area contributed by atoms with Gasteiger partial charge in [0.25, 0.3) is 0 Å². The largest absolute Gasteiger partial charge is 0.417 e. The van der Waals surface area contributed by atoms with Gasteiger partial charge in [-0.1, -0.05) is 11.6 Å². The van der Waals surface area contributed by atoms with Crippen LogP contribution >= 0.6 is 0 Å². The van der Waals surface area contributed by atoms with E-state index >= 15 is 0 Å². The molecule has 2 aliphatic rings. The van der Waals surface area contributed by atoms with Crippen molar-refractivity contribution in [1.82, 2.24) is 9.88 Å². The van der Waals surface area contributed by atoms with Gasteiger partial charge in [0.15, 0.2) is 0 Å². The van der Waals surface area contributed by atoms with Crippen molar-refractivity contribution < 1.29 is 22.7 Å². The summed E-state index contributed by atoms with van der Waals surface area (Å²) in [7, 11) is 1.78. The lowest BCUT2D eigenvalue weighted by atomic mass is 9.91. The van der Waals surface area contributed by atoms with Gasteiger partial charge >= 0.3 is 6.18 Å². The first-order valence-electron chi connectivity index (χ1n) is 14.0. The van der Waals surface area contributed by atoms with E-state index in [-0.39, 0.29) is 30.2 Å². The zero-order valence-corrected chi connectivity index (χ0v) is 23.3. The van der Waals surface area contributed by atoms with Crippen LogP contribution in [0.2, 0.25) is 0 Å². The summed E-state index contributed by atoms with van der Waals surface area (Å²) in [6, 6.07) is 15.9. The van der Waals surface area contributed by atoms with Gasteiger partial charge in [-0.05, 0) is 75.1 Å². The molecule has 0 unspecified atom stereocenters. The van der Waals surface area contributed by atoms with Crippen LogP contribution in [0, 0.1) is 18.3 Å². The third kappa shape index (κ3) is 6.57. The number of pyridine rings is 1. The maximum Gasteiger partial charge on any atom is 0.417 e. The summed E-state index contributed by atoms with van der Waals surface area (Å²) in [5, 5.41) is 10.2. The molecule has 1 aliphatic carbocycles. The molecule has 2 heterocycles. The number of hydrogen-bond donors (Lipinski definition) is 0. The van der Waals surface area contributed by atoms with Crippen molar-refractivity contribution in [3.63, 3.8) is 0 Å². The number of aryl methyl sites for hydroxylation is 1. The molecule has 216 valence electrons. The molecule has 2 fully saturated rings. The Balaban J connectivity index is 1.07. The highest BCUT2D eigenvalue weighted by Gasteiger charge is 2.35. The maximum absolute atomic E-state index is 13.4. The topological polar surface area (TPSA) is 72.7 Å². The van der Waals surface area contributed by atoms with Crippen LogP contribution < -0.4 is 9.80 Å². The molecule has 1 aliphatic heterocycles. The van der Waals surface area contributed by atoms with Gasteiger partial charge in [-0.3, -0.25) is 4.79 Å². The van der Waals surface area contributed by atoms with Gasteiger partial charge in [0.05, 0.1) is 28.8 Å². The van der Waals surface area contributed by atoms with E-state index in [2.05, 4.69) is 30.0 Å². The second kappa shape index (κ2) is 12.0. The second-order valence-corrected chi connectivity index (χ2v) is 10.9. The fourth-order valence-electron chi connectivity index (χ4n) is 5.77. The number of anilines is 2. The number of benzene rings is 2. The first-order valence-corrected chi connectivity index (χ1v) is 14.0. The predicted octanol–water partition coefficient (Wildman–Crippen LogP) is 5.55. The minimum absolute atomic E-state index is 0.0249. The molecule has 0 radical (unpaired) electrons. The number of aromatic nitrogens is 1. The van der Waals surface area contributed by atoms with E-state index in [9.17, 15) is 18.0 Å². The molecule has 0 N–H and O–H groups in total. The minimum atomic E-state index is -4.58. The molecule has 1 saturated carbocycles. The normalized spacial score (nSPS) is 19.7. The highest BCUT2D eigenvalue weighted by Crippen LogP contribution is 2.36. The van der Waals surface area contributed by atoms with Gasteiger partial charge in [0.2, 0.25) is 5.91 Å². The quantitative estimate of drug-likeness (QED) is 0.391. The fourth-order valence-corrected chi connectivity index (χ4v) is 5.77. The molecule has 1 saturated heterocycles.